The zero-order chi connectivity index (χ0) is 48.2. The van der Waals surface area contributed by atoms with Crippen LogP contribution in [0.2, 0.25) is 0 Å². The number of ketones is 1. The molecule has 2 bridgehead atoms. The maximum absolute atomic E-state index is 14.6. The van der Waals surface area contributed by atoms with Crippen LogP contribution in [0.1, 0.15) is 111 Å². The van der Waals surface area contributed by atoms with Crippen molar-refractivity contribution in [3.63, 3.8) is 0 Å². The van der Waals surface area contributed by atoms with Gasteiger partial charge in [0.25, 0.3) is 0 Å². The Kier molecular flexibility index (Phi) is 13.7. The van der Waals surface area contributed by atoms with Crippen LogP contribution in [0.15, 0.2) is 34.0 Å². The number of fused-ring (bicyclic) bond motifs is 8. The van der Waals surface area contributed by atoms with Gasteiger partial charge in [-0.2, -0.15) is 0 Å². The third-order valence-corrected chi connectivity index (χ3v) is 17.2. The number of ether oxygens (including phenoxy) is 5. The van der Waals surface area contributed by atoms with Gasteiger partial charge in [-0.3, -0.25) is 14.6 Å². The number of nitrogens with zero attached hydrogens (tertiary/aromatic N) is 2. The van der Waals surface area contributed by atoms with Crippen molar-refractivity contribution in [2.75, 3.05) is 66.3 Å². The zero-order valence-electron chi connectivity index (χ0n) is 40.0. The Morgan fingerprint density at radius 2 is 1.87 bits per heavy atom. The van der Waals surface area contributed by atoms with E-state index in [-0.39, 0.29) is 91.0 Å². The normalized spacial score (nSPS) is 31.4. The van der Waals surface area contributed by atoms with Gasteiger partial charge in [0.15, 0.2) is 6.29 Å². The Bertz CT molecular complexity index is 2560. The second kappa shape index (κ2) is 19.6. The van der Waals surface area contributed by atoms with Crippen LogP contribution in [-0.2, 0) is 43.3 Å². The van der Waals surface area contributed by atoms with Crippen molar-refractivity contribution in [2.24, 2.45) is 34.6 Å². The van der Waals surface area contributed by atoms with Gasteiger partial charge < -0.3 is 54.1 Å². The molecular formula is C54H68N2O13. The number of methoxy groups -OCH3 is 1. The summed E-state index contributed by atoms with van der Waals surface area (Å²) in [5.41, 5.74) is 1.20. The summed E-state index contributed by atoms with van der Waals surface area (Å²) >= 11 is 0. The zero-order valence-corrected chi connectivity index (χ0v) is 40.0. The van der Waals surface area contributed by atoms with Crippen molar-refractivity contribution in [2.45, 2.75) is 120 Å². The fourth-order valence-electron chi connectivity index (χ4n) is 13.7. The Hall–Kier alpha value is -4.48. The van der Waals surface area contributed by atoms with Gasteiger partial charge in [0.1, 0.15) is 34.7 Å². The fraction of sp³-hybridized carbons (Fsp3) is 0.630. The van der Waals surface area contributed by atoms with E-state index in [0.717, 1.165) is 73.4 Å². The summed E-state index contributed by atoms with van der Waals surface area (Å²) in [6, 6.07) is 4.03. The van der Waals surface area contributed by atoms with Crippen LogP contribution in [0.3, 0.4) is 0 Å². The van der Waals surface area contributed by atoms with Crippen LogP contribution in [-0.4, -0.2) is 132 Å². The minimum atomic E-state index is -1.41. The summed E-state index contributed by atoms with van der Waals surface area (Å²) in [6.07, 6.45) is 9.00. The lowest BCUT2D eigenvalue weighted by Gasteiger charge is -2.55. The number of piperidine rings is 1. The number of likely N-dealkylation sites (tertiary alicyclic amines) is 1. The monoisotopic (exact) mass is 952 g/mol. The molecule has 0 radical (unpaired) electrons. The minimum absolute atomic E-state index is 0.0228. The molecule has 372 valence electrons. The summed E-state index contributed by atoms with van der Waals surface area (Å²) in [7, 11) is 1.71. The van der Waals surface area contributed by atoms with E-state index in [0.29, 0.717) is 73.8 Å². The molecule has 10 rings (SSSR count). The number of carbonyl (C=O) groups excluding carboxylic acids is 3. The number of hydrogen-bond donors (Lipinski definition) is 5. The predicted molar refractivity (Wildman–Crippen MR) is 252 cm³/mol. The van der Waals surface area contributed by atoms with Crippen molar-refractivity contribution in [1.29, 1.82) is 0 Å². The van der Waals surface area contributed by atoms with E-state index in [1.54, 1.807) is 14.0 Å². The largest absolute Gasteiger partial charge is 0.492 e. The maximum atomic E-state index is 14.6. The summed E-state index contributed by atoms with van der Waals surface area (Å²) in [4.78, 5) is 49.4. The number of allylic oxidation sites excluding steroid dienone is 3. The van der Waals surface area contributed by atoms with Crippen molar-refractivity contribution in [1.82, 2.24) is 4.90 Å². The molecule has 2 aromatic rings. The number of aldehydes is 1. The predicted octanol–water partition coefficient (Wildman–Crippen LogP) is 3.17. The number of Topliss-reactive ketones (excluding diaryl/α,β-unsaturated/α-hetero) is 1. The lowest BCUT2D eigenvalue weighted by Crippen LogP contribution is -2.63. The Morgan fingerprint density at radius 3 is 2.61 bits per heavy atom. The second-order valence-electron chi connectivity index (χ2n) is 21.0. The highest BCUT2D eigenvalue weighted by molar-refractivity contribution is 6.11. The molecule has 5 aliphatic heterocycles. The smallest absolute Gasteiger partial charge is 0.375 e. The van der Waals surface area contributed by atoms with Crippen LogP contribution in [0.5, 0.6) is 17.2 Å². The van der Waals surface area contributed by atoms with Gasteiger partial charge in [0, 0.05) is 68.7 Å². The van der Waals surface area contributed by atoms with Crippen molar-refractivity contribution >= 4 is 29.7 Å². The average Bonchev–Trinajstić information content (AvgIpc) is 4.14. The minimum Gasteiger partial charge on any atom is -0.492 e. The number of benzene rings is 2. The summed E-state index contributed by atoms with van der Waals surface area (Å²) in [5.74, 6) is -3.15. The molecule has 0 unspecified atom stereocenters. The van der Waals surface area contributed by atoms with E-state index in [9.17, 15) is 39.9 Å². The molecule has 5 N–H and O–H groups in total. The molecule has 5 heterocycles. The molecule has 0 amide bonds. The third-order valence-electron chi connectivity index (χ3n) is 17.2. The first kappa shape index (κ1) is 48.2. The topological polar surface area (TPSA) is 214 Å². The highest BCUT2D eigenvalue weighted by Crippen LogP contribution is 2.60. The molecule has 3 saturated carbocycles. The Balaban J connectivity index is 1.15. The lowest BCUT2D eigenvalue weighted by atomic mass is 9.57. The van der Waals surface area contributed by atoms with Crippen LogP contribution in [0.25, 0.3) is 11.6 Å². The number of aryl methyl sites for hydroxylation is 1. The molecule has 8 aliphatic rings. The van der Waals surface area contributed by atoms with Crippen molar-refractivity contribution in [3.05, 3.63) is 67.4 Å². The van der Waals surface area contributed by atoms with Gasteiger partial charge in [-0.1, -0.05) is 24.5 Å². The van der Waals surface area contributed by atoms with Crippen LogP contribution in [0.4, 0.5) is 0 Å². The first-order chi connectivity index (χ1) is 33.5. The lowest BCUT2D eigenvalue weighted by molar-refractivity contribution is -0.188. The molecule has 69 heavy (non-hydrogen) atoms. The third kappa shape index (κ3) is 8.47. The standard InChI is InChI=1S/C54H68N2O13/c1-3-66-52(62)51-40(27-59)45-33-17-35(26-58)47(61)38(20-33)37-19-32-9-13-55-43(32)21-31(37)8-7-30(25-57)29-67-49-39-22-44(68-48(39)41(28-60)50(69-51)46(45)49)54(64)23-36(53(63)11-4-5-12-53)18-34-24-56(14-6-16-65-2)15-10-42(34)54/h9,19,21,27,30,34-36,38,42,44,57-58,60,63-64H,3-8,10-18,20,22-26,28-29H2,1-2H3/b45-33-/t30-,34-,35+,36+,38+,42-,44-,54+/m0/s1. The highest BCUT2D eigenvalue weighted by Gasteiger charge is 2.60. The SMILES string of the molecule is CCOC(=O)C1=C(C=O)/C2=C3\C[C@H](CO)C(=O)[C@H](C3)c3cc4c(cc3CC[C@@H](CO)COc3c5c(c(CO)c(c32)O1)O[C@H]([C@@]1(O)C[C@H](C2(O)CCCC2)C[C@H]2CN(CCCOC)CC[C@@H]21)C5)=NCC=4. The number of esters is 1. The Morgan fingerprint density at radius 1 is 1.04 bits per heavy atom. The van der Waals surface area contributed by atoms with E-state index in [1.807, 2.05) is 18.2 Å². The first-order valence-corrected chi connectivity index (χ1v) is 25.4. The Labute approximate surface area is 402 Å². The molecule has 8 atom stereocenters. The second-order valence-corrected chi connectivity index (χ2v) is 21.0. The maximum Gasteiger partial charge on any atom is 0.375 e. The van der Waals surface area contributed by atoms with Crippen LogP contribution in [0, 0.1) is 29.6 Å². The fourth-order valence-corrected chi connectivity index (χ4v) is 13.7. The van der Waals surface area contributed by atoms with E-state index >= 15 is 0 Å². The van der Waals surface area contributed by atoms with Crippen LogP contribution < -0.4 is 24.8 Å². The number of hydrogen-bond acceptors (Lipinski definition) is 15. The number of aliphatic hydroxyl groups is 5. The van der Waals surface area contributed by atoms with Gasteiger partial charge in [0.2, 0.25) is 5.76 Å². The number of rotatable bonds is 12. The quantitative estimate of drug-likeness (QED) is 0.118. The number of aliphatic hydroxyl groups excluding tert-OH is 3. The van der Waals surface area contributed by atoms with Crippen molar-refractivity contribution < 1.29 is 63.6 Å². The number of carbonyl (C=O) groups is 3. The van der Waals surface area contributed by atoms with E-state index in [2.05, 4.69) is 9.89 Å². The van der Waals surface area contributed by atoms with Crippen molar-refractivity contribution in [3.8, 4) is 17.2 Å². The van der Waals surface area contributed by atoms with Crippen LogP contribution >= 0.6 is 0 Å². The average molecular weight is 953 g/mol. The molecule has 4 fully saturated rings. The van der Waals surface area contributed by atoms with E-state index < -0.39 is 60.0 Å². The molecule has 3 aliphatic carbocycles. The molecule has 15 nitrogen and oxygen atoms in total. The highest BCUT2D eigenvalue weighted by atomic mass is 16.6. The van der Waals surface area contributed by atoms with Gasteiger partial charge >= 0.3 is 5.97 Å². The summed E-state index contributed by atoms with van der Waals surface area (Å²) < 4.78 is 31.5. The summed E-state index contributed by atoms with van der Waals surface area (Å²) in [5, 5.41) is 60.9. The van der Waals surface area contributed by atoms with Gasteiger partial charge in [-0.05, 0) is 124 Å². The summed E-state index contributed by atoms with van der Waals surface area (Å²) in [6.45, 7) is 3.95. The molecule has 0 aromatic heterocycles. The molecule has 2 aromatic carbocycles. The molecule has 0 spiro atoms. The van der Waals surface area contributed by atoms with Gasteiger partial charge in [-0.25, -0.2) is 4.79 Å². The van der Waals surface area contributed by atoms with Gasteiger partial charge in [-0.15, -0.1) is 0 Å². The molecular weight excluding hydrogens is 885 g/mol. The first-order valence-electron chi connectivity index (χ1n) is 25.4. The van der Waals surface area contributed by atoms with Gasteiger partial charge in [0.05, 0.1) is 60.6 Å². The van der Waals surface area contributed by atoms with E-state index in [1.165, 1.54) is 0 Å². The molecule has 15 heteroatoms. The molecule has 1 saturated heterocycles. The van der Waals surface area contributed by atoms with E-state index in [4.69, 9.17) is 23.7 Å².